The van der Waals surface area contributed by atoms with Gasteiger partial charge in [0.15, 0.2) is 0 Å². The standard InChI is InChI=1S/C22H23N5O4/c1-15-3-6-17(7-4-15)26-22(29)18(21(28)23-26)13-16-5-8-19(20(14-16)27(30)31)25-11-9-24(2)10-12-25/h3-8,13-14H,9-12H2,1-2H3,(H,23,28). The number of rotatable bonds is 4. The minimum Gasteiger partial charge on any atom is -0.363 e. The van der Waals surface area contributed by atoms with Crippen LogP contribution in [0.15, 0.2) is 48.0 Å². The molecule has 2 amide bonds. The summed E-state index contributed by atoms with van der Waals surface area (Å²) in [4.78, 5) is 40.7. The van der Waals surface area contributed by atoms with Crippen molar-refractivity contribution in [3.8, 4) is 0 Å². The Morgan fingerprint density at radius 1 is 1.03 bits per heavy atom. The van der Waals surface area contributed by atoms with Gasteiger partial charge >= 0.3 is 0 Å². The van der Waals surface area contributed by atoms with Crippen molar-refractivity contribution in [1.82, 2.24) is 10.3 Å². The van der Waals surface area contributed by atoms with Crippen molar-refractivity contribution in [2.75, 3.05) is 43.1 Å². The first kappa shape index (κ1) is 20.5. The van der Waals surface area contributed by atoms with Gasteiger partial charge in [-0.25, -0.2) is 5.01 Å². The number of nitro benzene ring substituents is 1. The number of nitro groups is 1. The summed E-state index contributed by atoms with van der Waals surface area (Å²) in [5.41, 5.74) is 4.98. The number of anilines is 2. The molecule has 2 saturated heterocycles. The summed E-state index contributed by atoms with van der Waals surface area (Å²) in [5, 5.41) is 12.9. The molecule has 0 atom stereocenters. The molecule has 0 aromatic heterocycles. The molecular weight excluding hydrogens is 398 g/mol. The highest BCUT2D eigenvalue weighted by molar-refractivity contribution is 6.31. The number of benzene rings is 2. The number of hydrogen-bond acceptors (Lipinski definition) is 6. The van der Waals surface area contributed by atoms with Crippen LogP contribution in [0, 0.1) is 17.0 Å². The Kier molecular flexibility index (Phi) is 5.43. The monoisotopic (exact) mass is 421 g/mol. The first-order valence-corrected chi connectivity index (χ1v) is 9.99. The van der Waals surface area contributed by atoms with Gasteiger partial charge < -0.3 is 9.80 Å². The third-order valence-electron chi connectivity index (χ3n) is 5.53. The topological polar surface area (TPSA) is 99.0 Å². The number of nitrogens with one attached hydrogen (secondary N) is 1. The zero-order valence-electron chi connectivity index (χ0n) is 17.4. The molecule has 160 valence electrons. The fourth-order valence-corrected chi connectivity index (χ4v) is 3.69. The maximum atomic E-state index is 12.8. The van der Waals surface area contributed by atoms with Gasteiger partial charge in [-0.05, 0) is 43.8 Å². The van der Waals surface area contributed by atoms with Crippen molar-refractivity contribution in [3.05, 3.63) is 69.3 Å². The average Bonchev–Trinajstić information content (AvgIpc) is 3.03. The lowest BCUT2D eigenvalue weighted by molar-refractivity contribution is -0.384. The summed E-state index contributed by atoms with van der Waals surface area (Å²) in [6.07, 6.45) is 1.40. The van der Waals surface area contributed by atoms with E-state index in [0.717, 1.165) is 18.7 Å². The number of hydrogen-bond donors (Lipinski definition) is 1. The van der Waals surface area contributed by atoms with Crippen LogP contribution in [0.3, 0.4) is 0 Å². The van der Waals surface area contributed by atoms with E-state index < -0.39 is 16.7 Å². The van der Waals surface area contributed by atoms with Gasteiger partial charge in [0.1, 0.15) is 11.3 Å². The molecule has 0 radical (unpaired) electrons. The lowest BCUT2D eigenvalue weighted by atomic mass is 10.1. The first-order chi connectivity index (χ1) is 14.8. The third kappa shape index (κ3) is 4.13. The normalized spacial score (nSPS) is 18.6. The summed E-state index contributed by atoms with van der Waals surface area (Å²) in [7, 11) is 2.02. The van der Waals surface area contributed by atoms with Gasteiger partial charge in [-0.15, -0.1) is 0 Å². The van der Waals surface area contributed by atoms with E-state index in [9.17, 15) is 19.7 Å². The Bertz CT molecular complexity index is 1070. The molecule has 9 heteroatoms. The molecule has 0 bridgehead atoms. The van der Waals surface area contributed by atoms with Crippen LogP contribution in [-0.4, -0.2) is 54.9 Å². The van der Waals surface area contributed by atoms with E-state index in [-0.39, 0.29) is 11.3 Å². The highest BCUT2D eigenvalue weighted by atomic mass is 16.6. The SMILES string of the molecule is Cc1ccc(N2NC(=O)C(=Cc3ccc(N4CCN(C)CC4)c([N+](=O)[O-])c3)C2=O)cc1. The summed E-state index contributed by atoms with van der Waals surface area (Å²) < 4.78 is 0. The summed E-state index contributed by atoms with van der Waals surface area (Å²) in [5.74, 6) is -1.05. The fraction of sp³-hybridized carbons (Fsp3) is 0.273. The predicted octanol–water partition coefficient (Wildman–Crippen LogP) is 2.12. The quantitative estimate of drug-likeness (QED) is 0.351. The van der Waals surface area contributed by atoms with Crippen molar-refractivity contribution in [2.45, 2.75) is 6.92 Å². The molecule has 0 saturated carbocycles. The fourth-order valence-electron chi connectivity index (χ4n) is 3.69. The number of nitrogens with zero attached hydrogens (tertiary/aromatic N) is 4. The minimum atomic E-state index is -0.545. The van der Waals surface area contributed by atoms with Crippen LogP contribution in [0.1, 0.15) is 11.1 Å². The Labute approximate surface area is 179 Å². The van der Waals surface area contributed by atoms with E-state index in [1.54, 1.807) is 24.3 Å². The molecule has 2 aromatic rings. The average molecular weight is 421 g/mol. The van der Waals surface area contributed by atoms with Crippen LogP contribution in [0.5, 0.6) is 0 Å². The van der Waals surface area contributed by atoms with Crippen LogP contribution in [-0.2, 0) is 9.59 Å². The molecule has 31 heavy (non-hydrogen) atoms. The molecule has 1 N–H and O–H groups in total. The molecule has 2 heterocycles. The van der Waals surface area contributed by atoms with Gasteiger partial charge in [0.2, 0.25) is 0 Å². The van der Waals surface area contributed by atoms with Crippen LogP contribution >= 0.6 is 0 Å². The van der Waals surface area contributed by atoms with E-state index in [1.165, 1.54) is 17.2 Å². The van der Waals surface area contributed by atoms with Crippen molar-refractivity contribution in [1.29, 1.82) is 0 Å². The Morgan fingerprint density at radius 2 is 1.71 bits per heavy atom. The zero-order chi connectivity index (χ0) is 22.1. The van der Waals surface area contributed by atoms with Crippen molar-refractivity contribution in [3.63, 3.8) is 0 Å². The third-order valence-corrected chi connectivity index (χ3v) is 5.53. The smallest absolute Gasteiger partial charge is 0.293 e. The summed E-state index contributed by atoms with van der Waals surface area (Å²) in [6, 6.07) is 12.0. The highest BCUT2D eigenvalue weighted by Crippen LogP contribution is 2.31. The molecule has 0 aliphatic carbocycles. The molecular formula is C22H23N5O4. The van der Waals surface area contributed by atoms with E-state index >= 15 is 0 Å². The van der Waals surface area contributed by atoms with Crippen molar-refractivity contribution >= 4 is 35.0 Å². The molecule has 0 spiro atoms. The number of aryl methyl sites for hydroxylation is 1. The number of carbonyl (C=O) groups is 2. The Morgan fingerprint density at radius 3 is 2.35 bits per heavy atom. The second-order valence-electron chi connectivity index (χ2n) is 7.77. The number of piperazine rings is 1. The van der Waals surface area contributed by atoms with Gasteiger partial charge in [0, 0.05) is 32.2 Å². The maximum Gasteiger partial charge on any atom is 0.293 e. The van der Waals surface area contributed by atoms with E-state index in [4.69, 9.17) is 0 Å². The van der Waals surface area contributed by atoms with Gasteiger partial charge in [-0.1, -0.05) is 23.8 Å². The van der Waals surface area contributed by atoms with Gasteiger partial charge in [0.05, 0.1) is 10.6 Å². The molecule has 0 unspecified atom stereocenters. The van der Waals surface area contributed by atoms with E-state index in [0.29, 0.717) is 30.0 Å². The number of amides is 2. The molecule has 9 nitrogen and oxygen atoms in total. The van der Waals surface area contributed by atoms with Gasteiger partial charge in [0.25, 0.3) is 17.5 Å². The molecule has 2 aliphatic heterocycles. The maximum absolute atomic E-state index is 12.8. The molecule has 2 aromatic carbocycles. The minimum absolute atomic E-state index is 0.0415. The molecule has 2 fully saturated rings. The summed E-state index contributed by atoms with van der Waals surface area (Å²) >= 11 is 0. The van der Waals surface area contributed by atoms with E-state index in [2.05, 4.69) is 10.3 Å². The van der Waals surface area contributed by atoms with Crippen LogP contribution in [0.4, 0.5) is 17.1 Å². The largest absolute Gasteiger partial charge is 0.363 e. The zero-order valence-corrected chi connectivity index (χ0v) is 17.4. The molecule has 2 aliphatic rings. The van der Waals surface area contributed by atoms with Crippen molar-refractivity contribution in [2.24, 2.45) is 0 Å². The number of hydrazine groups is 1. The van der Waals surface area contributed by atoms with Crippen molar-refractivity contribution < 1.29 is 14.5 Å². The van der Waals surface area contributed by atoms with Crippen LogP contribution < -0.4 is 15.3 Å². The summed E-state index contributed by atoms with van der Waals surface area (Å²) in [6.45, 7) is 4.98. The van der Waals surface area contributed by atoms with Crippen LogP contribution in [0.2, 0.25) is 0 Å². The van der Waals surface area contributed by atoms with E-state index in [1.807, 2.05) is 31.0 Å². The highest BCUT2D eigenvalue weighted by Gasteiger charge is 2.34. The second kappa shape index (κ2) is 8.19. The second-order valence-corrected chi connectivity index (χ2v) is 7.77. The first-order valence-electron chi connectivity index (χ1n) is 9.99. The Balaban J connectivity index is 1.62. The van der Waals surface area contributed by atoms with Gasteiger partial charge in [-0.2, -0.15) is 0 Å². The predicted molar refractivity (Wildman–Crippen MR) is 118 cm³/mol. The number of likely N-dealkylation sites (N-methyl/N-ethyl adjacent to an activating group) is 1. The Hall–Kier alpha value is -3.72. The lowest BCUT2D eigenvalue weighted by Gasteiger charge is -2.33. The molecule has 4 rings (SSSR count). The van der Waals surface area contributed by atoms with Gasteiger partial charge in [-0.3, -0.25) is 25.1 Å². The van der Waals surface area contributed by atoms with Crippen LogP contribution in [0.25, 0.3) is 6.08 Å². The lowest BCUT2D eigenvalue weighted by Crippen LogP contribution is -2.44. The number of carbonyl (C=O) groups excluding carboxylic acids is 2.